The fraction of sp³-hybridized carbons (Fsp3) is 0.0588. The Morgan fingerprint density at radius 1 is 1.20 bits per heavy atom. The fourth-order valence-corrected chi connectivity index (χ4v) is 3.47. The summed E-state index contributed by atoms with van der Waals surface area (Å²) in [5, 5.41) is 4.55. The molecule has 0 aliphatic rings. The lowest BCUT2D eigenvalue weighted by atomic mass is 10.2. The Morgan fingerprint density at radius 3 is 2.80 bits per heavy atom. The summed E-state index contributed by atoms with van der Waals surface area (Å²) >= 11 is 7.25. The van der Waals surface area contributed by atoms with E-state index in [2.05, 4.69) is 10.1 Å². The average molecular weight is 372 g/mol. The summed E-state index contributed by atoms with van der Waals surface area (Å²) in [5.41, 5.74) is 0.169. The van der Waals surface area contributed by atoms with Gasteiger partial charge in [0.1, 0.15) is 21.7 Å². The largest absolute Gasteiger partial charge is 0.457 e. The molecule has 0 radical (unpaired) electrons. The summed E-state index contributed by atoms with van der Waals surface area (Å²) in [6.07, 6.45) is 1.60. The minimum Gasteiger partial charge on any atom is -0.457 e. The van der Waals surface area contributed by atoms with Gasteiger partial charge >= 0.3 is 0 Å². The highest BCUT2D eigenvalue weighted by Gasteiger charge is 2.10. The molecule has 0 saturated heterocycles. The molecule has 3 aromatic heterocycles. The predicted octanol–water partition coefficient (Wildman–Crippen LogP) is 2.28. The van der Waals surface area contributed by atoms with Gasteiger partial charge in [-0.25, -0.2) is 0 Å². The van der Waals surface area contributed by atoms with E-state index >= 15 is 0 Å². The van der Waals surface area contributed by atoms with Crippen molar-refractivity contribution in [1.29, 1.82) is 0 Å². The summed E-state index contributed by atoms with van der Waals surface area (Å²) in [5.74, 6) is 1.10. The molecule has 0 unspecified atom stereocenters. The molecular formula is C17H10ClN3O3S. The lowest BCUT2D eigenvalue weighted by Gasteiger charge is -1.98. The van der Waals surface area contributed by atoms with Crippen molar-refractivity contribution < 1.29 is 4.42 Å². The maximum atomic E-state index is 12.4. The van der Waals surface area contributed by atoms with Gasteiger partial charge in [-0.15, -0.1) is 0 Å². The number of fused-ring (bicyclic) bond motifs is 1. The third kappa shape index (κ3) is 2.77. The van der Waals surface area contributed by atoms with Crippen LogP contribution in [-0.2, 0) is 0 Å². The first-order valence-electron chi connectivity index (χ1n) is 7.30. The van der Waals surface area contributed by atoms with E-state index in [0.29, 0.717) is 21.1 Å². The van der Waals surface area contributed by atoms with Gasteiger partial charge in [0, 0.05) is 11.6 Å². The lowest BCUT2D eigenvalue weighted by Crippen LogP contribution is -2.27. The van der Waals surface area contributed by atoms with Crippen LogP contribution in [0, 0.1) is 6.92 Å². The first-order valence-corrected chi connectivity index (χ1v) is 8.49. The third-order valence-electron chi connectivity index (χ3n) is 3.58. The van der Waals surface area contributed by atoms with Gasteiger partial charge in [-0.2, -0.15) is 14.6 Å². The van der Waals surface area contributed by atoms with Crippen LogP contribution in [0.15, 0.2) is 50.4 Å². The quantitative estimate of drug-likeness (QED) is 0.540. The molecule has 4 rings (SSSR count). The van der Waals surface area contributed by atoms with E-state index in [1.165, 1.54) is 6.92 Å². The zero-order chi connectivity index (χ0) is 17.6. The number of thiazole rings is 1. The van der Waals surface area contributed by atoms with Crippen LogP contribution in [0.5, 0.6) is 0 Å². The SMILES string of the molecule is Cc1nn2c(=O)/c(=C\c3ccc(-c4ccccc4Cl)o3)sc2nc1=O. The topological polar surface area (TPSA) is 77.5 Å². The van der Waals surface area contributed by atoms with Gasteiger partial charge in [-0.3, -0.25) is 9.59 Å². The van der Waals surface area contributed by atoms with Crippen molar-refractivity contribution >= 4 is 34.0 Å². The van der Waals surface area contributed by atoms with Gasteiger partial charge in [0.2, 0.25) is 4.96 Å². The second-order valence-corrected chi connectivity index (χ2v) is 6.71. The zero-order valence-corrected chi connectivity index (χ0v) is 14.5. The normalized spacial score (nSPS) is 12.2. The molecule has 25 heavy (non-hydrogen) atoms. The zero-order valence-electron chi connectivity index (χ0n) is 12.9. The minimum atomic E-state index is -0.438. The molecule has 0 bridgehead atoms. The van der Waals surface area contributed by atoms with Crippen LogP contribution in [0.1, 0.15) is 11.5 Å². The number of hydrogen-bond acceptors (Lipinski definition) is 6. The van der Waals surface area contributed by atoms with Crippen molar-refractivity contribution in [2.75, 3.05) is 0 Å². The van der Waals surface area contributed by atoms with Crippen molar-refractivity contribution in [3.8, 4) is 11.3 Å². The van der Waals surface area contributed by atoms with Gasteiger partial charge in [-0.1, -0.05) is 35.1 Å². The molecule has 124 valence electrons. The smallest absolute Gasteiger partial charge is 0.295 e. The van der Waals surface area contributed by atoms with E-state index in [-0.39, 0.29) is 16.2 Å². The summed E-state index contributed by atoms with van der Waals surface area (Å²) in [6, 6.07) is 10.9. The number of benzene rings is 1. The standard InChI is InChI=1S/C17H10ClN3O3S/c1-9-15(22)19-17-21(20-9)16(23)14(25-17)8-10-6-7-13(24-10)11-4-2-3-5-12(11)18/h2-8H,1H3/b14-8+. The van der Waals surface area contributed by atoms with Crippen molar-refractivity contribution in [1.82, 2.24) is 14.6 Å². The van der Waals surface area contributed by atoms with Gasteiger partial charge in [0.25, 0.3) is 11.1 Å². The molecule has 0 atom stereocenters. The maximum Gasteiger partial charge on any atom is 0.295 e. The number of furan rings is 1. The number of aromatic nitrogens is 3. The van der Waals surface area contributed by atoms with E-state index in [1.807, 2.05) is 18.2 Å². The van der Waals surface area contributed by atoms with Crippen LogP contribution in [0.4, 0.5) is 0 Å². The molecular weight excluding hydrogens is 362 g/mol. The Hall–Kier alpha value is -2.77. The second-order valence-electron chi connectivity index (χ2n) is 5.29. The molecule has 0 N–H and O–H groups in total. The molecule has 0 fully saturated rings. The first kappa shape index (κ1) is 15.7. The van der Waals surface area contributed by atoms with Crippen LogP contribution in [0.25, 0.3) is 22.4 Å². The van der Waals surface area contributed by atoms with Crippen molar-refractivity contribution in [3.05, 3.63) is 78.1 Å². The van der Waals surface area contributed by atoms with E-state index in [0.717, 1.165) is 21.4 Å². The number of hydrogen-bond donors (Lipinski definition) is 0. The molecule has 0 spiro atoms. The molecule has 3 heterocycles. The van der Waals surface area contributed by atoms with Crippen molar-refractivity contribution in [3.63, 3.8) is 0 Å². The van der Waals surface area contributed by atoms with Crippen LogP contribution < -0.4 is 15.7 Å². The number of halogens is 1. The molecule has 0 aliphatic heterocycles. The Morgan fingerprint density at radius 2 is 2.00 bits per heavy atom. The molecule has 6 nitrogen and oxygen atoms in total. The van der Waals surface area contributed by atoms with Crippen LogP contribution in [0.2, 0.25) is 5.02 Å². The van der Waals surface area contributed by atoms with Gasteiger partial charge in [-0.05, 0) is 31.2 Å². The predicted molar refractivity (Wildman–Crippen MR) is 96.1 cm³/mol. The van der Waals surface area contributed by atoms with Crippen LogP contribution in [0.3, 0.4) is 0 Å². The van der Waals surface area contributed by atoms with E-state index in [1.54, 1.807) is 24.3 Å². The highest BCUT2D eigenvalue weighted by Crippen LogP contribution is 2.29. The number of aryl methyl sites for hydroxylation is 1. The summed E-state index contributed by atoms with van der Waals surface area (Å²) in [7, 11) is 0. The van der Waals surface area contributed by atoms with E-state index < -0.39 is 5.56 Å². The molecule has 1 aromatic carbocycles. The van der Waals surface area contributed by atoms with Gasteiger partial charge < -0.3 is 4.42 Å². The average Bonchev–Trinajstić information content (AvgIpc) is 3.16. The fourth-order valence-electron chi connectivity index (χ4n) is 2.35. The Bertz CT molecular complexity index is 1270. The Labute approximate surface area is 149 Å². The van der Waals surface area contributed by atoms with Crippen molar-refractivity contribution in [2.45, 2.75) is 6.92 Å². The van der Waals surface area contributed by atoms with E-state index in [4.69, 9.17) is 16.0 Å². The highest BCUT2D eigenvalue weighted by atomic mass is 35.5. The van der Waals surface area contributed by atoms with Gasteiger partial charge in [0.15, 0.2) is 0 Å². The van der Waals surface area contributed by atoms with E-state index in [9.17, 15) is 9.59 Å². The maximum absolute atomic E-state index is 12.4. The number of rotatable bonds is 2. The molecule has 4 aromatic rings. The number of nitrogens with zero attached hydrogens (tertiary/aromatic N) is 3. The lowest BCUT2D eigenvalue weighted by molar-refractivity contribution is 0.571. The molecule has 0 saturated carbocycles. The monoisotopic (exact) mass is 371 g/mol. The second kappa shape index (κ2) is 5.94. The summed E-state index contributed by atoms with van der Waals surface area (Å²) in [6.45, 7) is 1.52. The Balaban J connectivity index is 1.84. The van der Waals surface area contributed by atoms with Crippen LogP contribution in [-0.4, -0.2) is 14.6 Å². The Kier molecular flexibility index (Phi) is 3.74. The first-order chi connectivity index (χ1) is 12.0. The molecule has 0 aliphatic carbocycles. The van der Waals surface area contributed by atoms with Gasteiger partial charge in [0.05, 0.1) is 5.02 Å². The molecule has 0 amide bonds. The van der Waals surface area contributed by atoms with Crippen molar-refractivity contribution in [2.24, 2.45) is 0 Å². The summed E-state index contributed by atoms with van der Waals surface area (Å²) < 4.78 is 7.28. The van der Waals surface area contributed by atoms with Crippen LogP contribution >= 0.6 is 22.9 Å². The minimum absolute atomic E-state index is 0.179. The highest BCUT2D eigenvalue weighted by molar-refractivity contribution is 7.15. The summed E-state index contributed by atoms with van der Waals surface area (Å²) in [4.78, 5) is 28.1. The molecule has 8 heteroatoms. The third-order valence-corrected chi connectivity index (χ3v) is 4.87.